The Morgan fingerprint density at radius 1 is 1.19 bits per heavy atom. The fourth-order valence-electron chi connectivity index (χ4n) is 1.63. The van der Waals surface area contributed by atoms with Crippen molar-refractivity contribution in [3.05, 3.63) is 17.0 Å². The van der Waals surface area contributed by atoms with E-state index >= 15 is 0 Å². The second-order valence-electron chi connectivity index (χ2n) is 7.12. The van der Waals surface area contributed by atoms with Crippen LogP contribution in [0.4, 0.5) is 5.82 Å². The Morgan fingerprint density at radius 3 is 2.33 bits per heavy atom. The van der Waals surface area contributed by atoms with Gasteiger partial charge in [0.2, 0.25) is 5.91 Å². The molecule has 0 bridgehead atoms. The van der Waals surface area contributed by atoms with Gasteiger partial charge in [0, 0.05) is 30.0 Å². The summed E-state index contributed by atoms with van der Waals surface area (Å²) in [4.78, 5) is 20.4. The smallest absolute Gasteiger partial charge is 0.222 e. The van der Waals surface area contributed by atoms with Gasteiger partial charge in [0.15, 0.2) is 0 Å². The number of nitrogens with one attached hydrogen (secondary N) is 2. The molecule has 0 aliphatic carbocycles. The molecule has 0 fully saturated rings. The van der Waals surface area contributed by atoms with Crippen LogP contribution < -0.4 is 10.6 Å². The lowest BCUT2D eigenvalue weighted by atomic mass is 9.96. The van der Waals surface area contributed by atoms with Gasteiger partial charge in [-0.15, -0.1) is 0 Å². The topological polar surface area (TPSA) is 66.9 Å². The van der Waals surface area contributed by atoms with Crippen molar-refractivity contribution in [1.29, 1.82) is 0 Å². The molecule has 2 N–H and O–H groups in total. The van der Waals surface area contributed by atoms with Gasteiger partial charge >= 0.3 is 0 Å². The molecule has 1 heterocycles. The lowest BCUT2D eigenvalue weighted by molar-refractivity contribution is -0.122. The number of rotatable bonds is 4. The molecule has 0 radical (unpaired) electrons. The van der Waals surface area contributed by atoms with Crippen LogP contribution >= 0.6 is 11.6 Å². The third-order valence-corrected chi connectivity index (χ3v) is 2.73. The van der Waals surface area contributed by atoms with Gasteiger partial charge in [-0.1, -0.05) is 32.4 Å². The van der Waals surface area contributed by atoms with Crippen LogP contribution in [0.25, 0.3) is 0 Å². The Hall–Kier alpha value is -1.36. The Bertz CT molecular complexity index is 503. The molecule has 6 heteroatoms. The Balaban J connectivity index is 2.60. The molecule has 1 aromatic heterocycles. The number of hydrogen-bond acceptors (Lipinski definition) is 4. The van der Waals surface area contributed by atoms with E-state index in [0.29, 0.717) is 29.8 Å². The molecule has 21 heavy (non-hydrogen) atoms. The molecule has 0 spiro atoms. The summed E-state index contributed by atoms with van der Waals surface area (Å²) in [7, 11) is 0. The maximum Gasteiger partial charge on any atom is 0.222 e. The Labute approximate surface area is 131 Å². The maximum atomic E-state index is 11.7. The molecule has 1 aromatic rings. The third-order valence-electron chi connectivity index (χ3n) is 2.54. The third kappa shape index (κ3) is 6.76. The first-order valence-corrected chi connectivity index (χ1v) is 7.45. The van der Waals surface area contributed by atoms with E-state index in [-0.39, 0.29) is 16.9 Å². The number of carbonyl (C=O) groups is 1. The minimum Gasteiger partial charge on any atom is -0.369 e. The van der Waals surface area contributed by atoms with Gasteiger partial charge in [-0.3, -0.25) is 4.79 Å². The number of hydrogen-bond donors (Lipinski definition) is 2. The van der Waals surface area contributed by atoms with Crippen LogP contribution in [0.5, 0.6) is 0 Å². The standard InChI is InChI=1S/C15H25ClN4O/c1-14(2,3)13-18-10(16)9-11(19-13)17-8-7-12(21)20-15(4,5)6/h9H,7-8H2,1-6H3,(H,20,21)(H,17,18,19). The van der Waals surface area contributed by atoms with Crippen molar-refractivity contribution in [2.75, 3.05) is 11.9 Å². The normalized spacial score (nSPS) is 12.1. The van der Waals surface area contributed by atoms with E-state index in [9.17, 15) is 4.79 Å². The monoisotopic (exact) mass is 312 g/mol. The zero-order valence-corrected chi connectivity index (χ0v) is 14.4. The van der Waals surface area contributed by atoms with Gasteiger partial charge in [-0.2, -0.15) is 0 Å². The molecule has 0 aliphatic rings. The Kier molecular flexibility index (Phi) is 5.56. The fraction of sp³-hybridized carbons (Fsp3) is 0.667. The molecule has 1 rings (SSSR count). The molecule has 0 atom stereocenters. The highest BCUT2D eigenvalue weighted by Crippen LogP contribution is 2.22. The first-order chi connectivity index (χ1) is 9.47. The first-order valence-electron chi connectivity index (χ1n) is 7.07. The fourth-order valence-corrected chi connectivity index (χ4v) is 1.81. The molecule has 0 saturated carbocycles. The van der Waals surface area contributed by atoms with Crippen molar-refractivity contribution in [2.24, 2.45) is 0 Å². The van der Waals surface area contributed by atoms with E-state index in [4.69, 9.17) is 11.6 Å². The molecule has 1 amide bonds. The highest BCUT2D eigenvalue weighted by molar-refractivity contribution is 6.29. The van der Waals surface area contributed by atoms with Gasteiger partial charge in [0.25, 0.3) is 0 Å². The van der Waals surface area contributed by atoms with Crippen molar-refractivity contribution >= 4 is 23.3 Å². The largest absolute Gasteiger partial charge is 0.369 e. The van der Waals surface area contributed by atoms with Gasteiger partial charge in [-0.25, -0.2) is 9.97 Å². The van der Waals surface area contributed by atoms with Crippen molar-refractivity contribution in [3.63, 3.8) is 0 Å². The van der Waals surface area contributed by atoms with E-state index < -0.39 is 0 Å². The predicted molar refractivity (Wildman–Crippen MR) is 86.7 cm³/mol. The van der Waals surface area contributed by atoms with Crippen LogP contribution in [0.2, 0.25) is 5.15 Å². The Morgan fingerprint density at radius 2 is 1.81 bits per heavy atom. The maximum absolute atomic E-state index is 11.7. The summed E-state index contributed by atoms with van der Waals surface area (Å²) in [5, 5.41) is 6.43. The highest BCUT2D eigenvalue weighted by Gasteiger charge is 2.19. The summed E-state index contributed by atoms with van der Waals surface area (Å²) in [5.41, 5.74) is -0.389. The summed E-state index contributed by atoms with van der Waals surface area (Å²) < 4.78 is 0. The summed E-state index contributed by atoms with van der Waals surface area (Å²) in [6.45, 7) is 12.4. The van der Waals surface area contributed by atoms with Gasteiger partial charge < -0.3 is 10.6 Å². The van der Waals surface area contributed by atoms with Crippen molar-refractivity contribution < 1.29 is 4.79 Å². The lowest BCUT2D eigenvalue weighted by Crippen LogP contribution is -2.41. The lowest BCUT2D eigenvalue weighted by Gasteiger charge is -2.20. The van der Waals surface area contributed by atoms with Crippen LogP contribution in [0.1, 0.15) is 53.8 Å². The van der Waals surface area contributed by atoms with Gasteiger partial charge in [-0.05, 0) is 20.8 Å². The minimum absolute atomic E-state index is 0.00574. The summed E-state index contributed by atoms with van der Waals surface area (Å²) in [5.74, 6) is 1.33. The SMILES string of the molecule is CC(C)(C)NC(=O)CCNc1cc(Cl)nc(C(C)(C)C)n1. The molecular formula is C15H25ClN4O. The summed E-state index contributed by atoms with van der Waals surface area (Å²) >= 11 is 6.01. The van der Waals surface area contributed by atoms with Crippen LogP contribution in [0.3, 0.4) is 0 Å². The van der Waals surface area contributed by atoms with E-state index in [1.165, 1.54) is 0 Å². The van der Waals surface area contributed by atoms with Gasteiger partial charge in [0.1, 0.15) is 16.8 Å². The number of anilines is 1. The zero-order valence-electron chi connectivity index (χ0n) is 13.7. The van der Waals surface area contributed by atoms with Crippen LogP contribution in [-0.4, -0.2) is 28.0 Å². The molecule has 0 aromatic carbocycles. The van der Waals surface area contributed by atoms with E-state index in [1.807, 2.05) is 41.5 Å². The van der Waals surface area contributed by atoms with E-state index in [2.05, 4.69) is 20.6 Å². The molecule has 5 nitrogen and oxygen atoms in total. The van der Waals surface area contributed by atoms with E-state index in [0.717, 1.165) is 0 Å². The number of nitrogens with zero attached hydrogens (tertiary/aromatic N) is 2. The zero-order chi connectivity index (χ0) is 16.3. The second kappa shape index (κ2) is 6.60. The van der Waals surface area contributed by atoms with Crippen molar-refractivity contribution in [2.45, 2.75) is 58.9 Å². The van der Waals surface area contributed by atoms with Crippen molar-refractivity contribution in [1.82, 2.24) is 15.3 Å². The summed E-state index contributed by atoms with van der Waals surface area (Å²) in [6.07, 6.45) is 0.379. The molecule has 0 unspecified atom stereocenters. The van der Waals surface area contributed by atoms with Crippen LogP contribution in [-0.2, 0) is 10.2 Å². The average molecular weight is 313 g/mol. The predicted octanol–water partition coefficient (Wildman–Crippen LogP) is 3.14. The number of amides is 1. The summed E-state index contributed by atoms with van der Waals surface area (Å²) in [6, 6.07) is 1.67. The molecule has 0 saturated heterocycles. The van der Waals surface area contributed by atoms with Gasteiger partial charge in [0.05, 0.1) is 0 Å². The second-order valence-corrected chi connectivity index (χ2v) is 7.51. The minimum atomic E-state index is -0.214. The molecule has 118 valence electrons. The number of halogens is 1. The van der Waals surface area contributed by atoms with E-state index in [1.54, 1.807) is 6.07 Å². The highest BCUT2D eigenvalue weighted by atomic mass is 35.5. The average Bonchev–Trinajstić information content (AvgIpc) is 2.24. The van der Waals surface area contributed by atoms with Crippen LogP contribution in [0, 0.1) is 0 Å². The first kappa shape index (κ1) is 17.7. The number of aromatic nitrogens is 2. The molecule has 0 aliphatic heterocycles. The quantitative estimate of drug-likeness (QED) is 0.838. The van der Waals surface area contributed by atoms with Crippen LogP contribution in [0.15, 0.2) is 6.07 Å². The van der Waals surface area contributed by atoms with Crippen molar-refractivity contribution in [3.8, 4) is 0 Å². The number of carbonyl (C=O) groups excluding carboxylic acids is 1. The molecular weight excluding hydrogens is 288 g/mol.